The van der Waals surface area contributed by atoms with E-state index in [-0.39, 0.29) is 0 Å². The highest BCUT2D eigenvalue weighted by atomic mass is 79.9. The minimum atomic E-state index is -0.406. The van der Waals surface area contributed by atoms with E-state index in [1.54, 1.807) is 18.2 Å². The lowest BCUT2D eigenvalue weighted by molar-refractivity contribution is 0.0600. The molecule has 0 unspecified atom stereocenters. The van der Waals surface area contributed by atoms with Crippen LogP contribution in [-0.2, 0) is 4.74 Å². The van der Waals surface area contributed by atoms with Crippen LogP contribution in [0.25, 0.3) is 0 Å². The van der Waals surface area contributed by atoms with Crippen molar-refractivity contribution < 1.29 is 14.3 Å². The molecule has 0 atom stereocenters. The molecule has 0 aliphatic rings. The summed E-state index contributed by atoms with van der Waals surface area (Å²) in [4.78, 5) is 11.6. The summed E-state index contributed by atoms with van der Waals surface area (Å²) in [7, 11) is 1.35. The second kappa shape index (κ2) is 12.9. The Balaban J connectivity index is 2.25. The number of rotatable bonds is 12. The van der Waals surface area contributed by atoms with Crippen LogP contribution in [0.1, 0.15) is 67.3 Å². The Kier molecular flexibility index (Phi) is 11.1. The van der Waals surface area contributed by atoms with E-state index in [1.807, 2.05) is 0 Å². The van der Waals surface area contributed by atoms with Crippen molar-refractivity contribution in [3.8, 4) is 18.1 Å². The van der Waals surface area contributed by atoms with Gasteiger partial charge in [-0.2, -0.15) is 0 Å². The first-order chi connectivity index (χ1) is 11.7. The predicted octanol–water partition coefficient (Wildman–Crippen LogP) is 5.35. The van der Waals surface area contributed by atoms with E-state index >= 15 is 0 Å². The van der Waals surface area contributed by atoms with E-state index in [4.69, 9.17) is 15.9 Å². The number of carbonyl (C=O) groups excluding carboxylic acids is 1. The fraction of sp³-hybridized carbons (Fsp3) is 0.550. The summed E-state index contributed by atoms with van der Waals surface area (Å²) < 4.78 is 10.5. The number of alkyl halides is 1. The van der Waals surface area contributed by atoms with Gasteiger partial charge in [0.05, 0.1) is 19.3 Å². The molecule has 24 heavy (non-hydrogen) atoms. The first-order valence-corrected chi connectivity index (χ1v) is 9.72. The van der Waals surface area contributed by atoms with Crippen LogP contribution in [0.4, 0.5) is 0 Å². The first-order valence-electron chi connectivity index (χ1n) is 8.60. The van der Waals surface area contributed by atoms with Crippen LogP contribution in [0.2, 0.25) is 0 Å². The monoisotopic (exact) mass is 394 g/mol. The Morgan fingerprint density at radius 2 is 1.67 bits per heavy atom. The van der Waals surface area contributed by atoms with E-state index in [1.165, 1.54) is 45.6 Å². The Morgan fingerprint density at radius 1 is 1.04 bits per heavy atom. The third-order valence-electron chi connectivity index (χ3n) is 3.79. The maximum Gasteiger partial charge on any atom is 0.338 e. The van der Waals surface area contributed by atoms with Crippen LogP contribution in [0.15, 0.2) is 18.2 Å². The average molecular weight is 395 g/mol. The second-order valence-electron chi connectivity index (χ2n) is 5.75. The summed E-state index contributed by atoms with van der Waals surface area (Å²) in [5, 5.41) is 1.11. The minimum absolute atomic E-state index is 0.406. The van der Waals surface area contributed by atoms with E-state index < -0.39 is 5.97 Å². The van der Waals surface area contributed by atoms with Crippen molar-refractivity contribution >= 4 is 21.9 Å². The zero-order valence-electron chi connectivity index (χ0n) is 14.5. The van der Waals surface area contributed by atoms with Gasteiger partial charge in [-0.1, -0.05) is 60.4 Å². The van der Waals surface area contributed by atoms with Gasteiger partial charge in [-0.3, -0.25) is 0 Å². The molecule has 0 saturated carbocycles. The Labute approximate surface area is 154 Å². The highest BCUT2D eigenvalue weighted by Crippen LogP contribution is 2.18. The fourth-order valence-corrected chi connectivity index (χ4v) is 2.85. The number of hydrogen-bond donors (Lipinski definition) is 0. The largest absolute Gasteiger partial charge is 0.494 e. The molecule has 0 aliphatic heterocycles. The van der Waals surface area contributed by atoms with E-state index in [2.05, 4.69) is 21.9 Å². The summed E-state index contributed by atoms with van der Waals surface area (Å²) >= 11 is 3.45. The zero-order valence-corrected chi connectivity index (χ0v) is 16.1. The van der Waals surface area contributed by atoms with Gasteiger partial charge in [0, 0.05) is 10.9 Å². The van der Waals surface area contributed by atoms with Gasteiger partial charge in [0.1, 0.15) is 5.75 Å². The molecule has 0 saturated heterocycles. The van der Waals surface area contributed by atoms with Gasteiger partial charge in [0.2, 0.25) is 0 Å². The summed E-state index contributed by atoms with van der Waals surface area (Å²) in [6, 6.07) is 5.08. The topological polar surface area (TPSA) is 35.5 Å². The van der Waals surface area contributed by atoms with Crippen LogP contribution in [0.5, 0.6) is 5.75 Å². The number of esters is 1. The summed E-state index contributed by atoms with van der Waals surface area (Å²) in [5.74, 6) is 2.76. The number of unbranched alkanes of at least 4 members (excludes halogenated alkanes) is 7. The third kappa shape index (κ3) is 8.40. The van der Waals surface area contributed by atoms with Crippen molar-refractivity contribution in [2.75, 3.05) is 19.0 Å². The number of carbonyl (C=O) groups is 1. The molecule has 4 heteroatoms. The molecule has 0 amide bonds. The van der Waals surface area contributed by atoms with Crippen molar-refractivity contribution in [2.45, 2.75) is 51.4 Å². The molecule has 0 aromatic heterocycles. The van der Waals surface area contributed by atoms with Crippen LogP contribution in [0.3, 0.4) is 0 Å². The maximum atomic E-state index is 11.6. The lowest BCUT2D eigenvalue weighted by Gasteiger charge is -2.09. The molecular formula is C20H27BrO3. The van der Waals surface area contributed by atoms with Gasteiger partial charge < -0.3 is 9.47 Å². The summed E-state index contributed by atoms with van der Waals surface area (Å²) in [6.07, 6.45) is 15.4. The van der Waals surface area contributed by atoms with Gasteiger partial charge in [0.15, 0.2) is 0 Å². The molecule has 0 heterocycles. The Morgan fingerprint density at radius 3 is 2.25 bits per heavy atom. The molecule has 1 rings (SSSR count). The molecule has 0 aliphatic carbocycles. The molecule has 132 valence electrons. The van der Waals surface area contributed by atoms with Gasteiger partial charge in [-0.25, -0.2) is 4.79 Å². The lowest BCUT2D eigenvalue weighted by Crippen LogP contribution is -2.04. The number of methoxy groups -OCH3 is 1. The Bertz CT molecular complexity index is 534. The molecule has 0 N–H and O–H groups in total. The highest BCUT2D eigenvalue weighted by Gasteiger charge is 2.09. The molecule has 0 radical (unpaired) electrons. The summed E-state index contributed by atoms with van der Waals surface area (Å²) in [6.45, 7) is 0.637. The van der Waals surface area contributed by atoms with Crippen molar-refractivity contribution in [2.24, 2.45) is 0 Å². The lowest BCUT2D eigenvalue weighted by atomic mass is 10.1. The smallest absolute Gasteiger partial charge is 0.338 e. The quantitative estimate of drug-likeness (QED) is 0.207. The van der Waals surface area contributed by atoms with Crippen molar-refractivity contribution in [3.63, 3.8) is 0 Å². The number of benzene rings is 1. The van der Waals surface area contributed by atoms with E-state index in [0.29, 0.717) is 23.5 Å². The SMILES string of the molecule is C#Cc1cc(OCCCCCCCCCCBr)cc(C(=O)OC)c1. The van der Waals surface area contributed by atoms with E-state index in [9.17, 15) is 4.79 Å². The highest BCUT2D eigenvalue weighted by molar-refractivity contribution is 9.09. The van der Waals surface area contributed by atoms with Crippen LogP contribution in [0, 0.1) is 12.3 Å². The van der Waals surface area contributed by atoms with Crippen LogP contribution < -0.4 is 4.74 Å². The first kappa shape index (κ1) is 20.6. The molecule has 0 bridgehead atoms. The van der Waals surface area contributed by atoms with Crippen LogP contribution in [-0.4, -0.2) is 25.0 Å². The molecular weight excluding hydrogens is 368 g/mol. The fourth-order valence-electron chi connectivity index (χ4n) is 2.45. The van der Waals surface area contributed by atoms with Crippen molar-refractivity contribution in [3.05, 3.63) is 29.3 Å². The number of hydrogen-bond acceptors (Lipinski definition) is 3. The number of halogens is 1. The van der Waals surface area contributed by atoms with Gasteiger partial charge in [0.25, 0.3) is 0 Å². The molecule has 3 nitrogen and oxygen atoms in total. The van der Waals surface area contributed by atoms with Crippen LogP contribution >= 0.6 is 15.9 Å². The van der Waals surface area contributed by atoms with Crippen molar-refractivity contribution in [1.29, 1.82) is 0 Å². The number of terminal acetylenes is 1. The molecule has 0 fully saturated rings. The van der Waals surface area contributed by atoms with Gasteiger partial charge in [-0.15, -0.1) is 6.42 Å². The number of ether oxygens (including phenoxy) is 2. The third-order valence-corrected chi connectivity index (χ3v) is 4.35. The molecule has 0 spiro atoms. The predicted molar refractivity (Wildman–Crippen MR) is 102 cm³/mol. The maximum absolute atomic E-state index is 11.6. The minimum Gasteiger partial charge on any atom is -0.494 e. The summed E-state index contributed by atoms with van der Waals surface area (Å²) in [5.41, 5.74) is 1.04. The normalized spacial score (nSPS) is 10.2. The second-order valence-corrected chi connectivity index (χ2v) is 6.54. The van der Waals surface area contributed by atoms with Gasteiger partial charge in [-0.05, 0) is 31.0 Å². The van der Waals surface area contributed by atoms with Gasteiger partial charge >= 0.3 is 5.97 Å². The van der Waals surface area contributed by atoms with Crippen molar-refractivity contribution in [1.82, 2.24) is 0 Å². The standard InChI is InChI=1S/C20H27BrO3/c1-3-17-14-18(20(22)23-2)16-19(15-17)24-13-11-9-7-5-4-6-8-10-12-21/h1,14-16H,4-13H2,2H3. The molecule has 1 aromatic rings. The Hall–Kier alpha value is -1.47. The average Bonchev–Trinajstić information content (AvgIpc) is 2.62. The van der Waals surface area contributed by atoms with E-state index in [0.717, 1.165) is 18.2 Å². The zero-order chi connectivity index (χ0) is 17.6. The molecule has 1 aromatic carbocycles.